The lowest BCUT2D eigenvalue weighted by Gasteiger charge is -2.15. The van der Waals surface area contributed by atoms with E-state index in [9.17, 15) is 9.59 Å². The van der Waals surface area contributed by atoms with Gasteiger partial charge in [-0.15, -0.1) is 0 Å². The van der Waals surface area contributed by atoms with Crippen LogP contribution in [0.4, 0.5) is 0 Å². The van der Waals surface area contributed by atoms with Crippen LogP contribution in [0.15, 0.2) is 42.5 Å². The van der Waals surface area contributed by atoms with E-state index in [-0.39, 0.29) is 25.1 Å². The second kappa shape index (κ2) is 8.12. The van der Waals surface area contributed by atoms with Gasteiger partial charge in [0.2, 0.25) is 6.79 Å². The maximum absolute atomic E-state index is 12.7. The van der Waals surface area contributed by atoms with E-state index >= 15 is 0 Å². The van der Waals surface area contributed by atoms with E-state index in [0.717, 1.165) is 0 Å². The summed E-state index contributed by atoms with van der Waals surface area (Å²) in [6.07, 6.45) is 0.0535. The van der Waals surface area contributed by atoms with Crippen LogP contribution in [0.3, 0.4) is 0 Å². The standard InChI is InChI=1S/C21H22O6/c1-13(2)27-16-7-4-14(5-8-16)18(22)11-17(21(23)24-3)15-6-9-19-20(10-15)26-12-25-19/h4-10,13,17H,11-12H2,1-3H3. The largest absolute Gasteiger partial charge is 0.491 e. The summed E-state index contributed by atoms with van der Waals surface area (Å²) in [5.74, 6) is 0.532. The average molecular weight is 370 g/mol. The fourth-order valence-corrected chi connectivity index (χ4v) is 2.90. The molecule has 27 heavy (non-hydrogen) atoms. The van der Waals surface area contributed by atoms with Crippen molar-refractivity contribution in [1.82, 2.24) is 0 Å². The molecule has 0 bridgehead atoms. The van der Waals surface area contributed by atoms with Gasteiger partial charge in [-0.1, -0.05) is 6.07 Å². The summed E-state index contributed by atoms with van der Waals surface area (Å²) in [5.41, 5.74) is 1.17. The Labute approximate surface area is 158 Å². The van der Waals surface area contributed by atoms with E-state index < -0.39 is 11.9 Å². The fraction of sp³-hybridized carbons (Fsp3) is 0.333. The summed E-state index contributed by atoms with van der Waals surface area (Å²) in [4.78, 5) is 25.0. The van der Waals surface area contributed by atoms with Gasteiger partial charge < -0.3 is 18.9 Å². The fourth-order valence-electron chi connectivity index (χ4n) is 2.90. The minimum absolute atomic E-state index is 0.00327. The molecule has 0 spiro atoms. The zero-order chi connectivity index (χ0) is 19.4. The van der Waals surface area contributed by atoms with Gasteiger partial charge in [0.15, 0.2) is 17.3 Å². The van der Waals surface area contributed by atoms with Gasteiger partial charge >= 0.3 is 5.97 Å². The molecule has 1 aliphatic heterocycles. The second-order valence-electron chi connectivity index (χ2n) is 6.51. The van der Waals surface area contributed by atoms with Crippen LogP contribution in [0.25, 0.3) is 0 Å². The highest BCUT2D eigenvalue weighted by Crippen LogP contribution is 2.36. The number of benzene rings is 2. The molecule has 0 aromatic heterocycles. The molecule has 2 aromatic rings. The predicted octanol–water partition coefficient (Wildman–Crippen LogP) is 3.73. The summed E-state index contributed by atoms with van der Waals surface area (Å²) in [6, 6.07) is 12.1. The van der Waals surface area contributed by atoms with Gasteiger partial charge in [-0.2, -0.15) is 0 Å². The van der Waals surface area contributed by atoms with E-state index in [1.165, 1.54) is 7.11 Å². The smallest absolute Gasteiger partial charge is 0.313 e. The van der Waals surface area contributed by atoms with Crippen molar-refractivity contribution >= 4 is 11.8 Å². The Morgan fingerprint density at radius 3 is 2.41 bits per heavy atom. The zero-order valence-electron chi connectivity index (χ0n) is 15.6. The van der Waals surface area contributed by atoms with Gasteiger partial charge in [-0.25, -0.2) is 0 Å². The first-order chi connectivity index (χ1) is 13.0. The number of rotatable bonds is 7. The normalized spacial score (nSPS) is 13.3. The van der Waals surface area contributed by atoms with Crippen LogP contribution >= 0.6 is 0 Å². The van der Waals surface area contributed by atoms with Gasteiger partial charge in [0.1, 0.15) is 5.75 Å². The Hall–Kier alpha value is -3.02. The summed E-state index contributed by atoms with van der Waals surface area (Å²) in [5, 5.41) is 0. The monoisotopic (exact) mass is 370 g/mol. The zero-order valence-corrected chi connectivity index (χ0v) is 15.6. The number of ketones is 1. The molecule has 6 nitrogen and oxygen atoms in total. The van der Waals surface area contributed by atoms with Crippen molar-refractivity contribution in [1.29, 1.82) is 0 Å². The van der Waals surface area contributed by atoms with E-state index in [0.29, 0.717) is 28.4 Å². The summed E-state index contributed by atoms with van der Waals surface area (Å²) in [7, 11) is 1.31. The van der Waals surface area contributed by atoms with Crippen molar-refractivity contribution in [3.8, 4) is 17.2 Å². The van der Waals surface area contributed by atoms with Crippen molar-refractivity contribution < 1.29 is 28.5 Å². The molecule has 1 heterocycles. The molecule has 6 heteroatoms. The van der Waals surface area contributed by atoms with Gasteiger partial charge in [0.25, 0.3) is 0 Å². The summed E-state index contributed by atoms with van der Waals surface area (Å²) < 4.78 is 21.1. The van der Waals surface area contributed by atoms with Gasteiger partial charge in [0, 0.05) is 12.0 Å². The van der Waals surface area contributed by atoms with E-state index in [2.05, 4.69) is 0 Å². The number of methoxy groups -OCH3 is 1. The molecule has 0 aliphatic carbocycles. The Kier molecular flexibility index (Phi) is 5.64. The molecular weight excluding hydrogens is 348 g/mol. The van der Waals surface area contributed by atoms with Crippen molar-refractivity contribution in [2.45, 2.75) is 32.3 Å². The molecule has 2 aromatic carbocycles. The maximum Gasteiger partial charge on any atom is 0.313 e. The number of hydrogen-bond donors (Lipinski definition) is 0. The number of fused-ring (bicyclic) bond motifs is 1. The summed E-state index contributed by atoms with van der Waals surface area (Å²) in [6.45, 7) is 4.02. The average Bonchev–Trinajstić information content (AvgIpc) is 3.13. The SMILES string of the molecule is COC(=O)C(CC(=O)c1ccc(OC(C)C)cc1)c1ccc2c(c1)OCO2. The van der Waals surface area contributed by atoms with E-state index in [1.807, 2.05) is 13.8 Å². The molecule has 0 radical (unpaired) electrons. The number of carbonyl (C=O) groups excluding carboxylic acids is 2. The highest BCUT2D eigenvalue weighted by molar-refractivity contribution is 5.99. The molecule has 0 saturated carbocycles. The maximum atomic E-state index is 12.7. The third kappa shape index (κ3) is 4.39. The van der Waals surface area contributed by atoms with Gasteiger partial charge in [-0.3, -0.25) is 9.59 Å². The van der Waals surface area contributed by atoms with Crippen molar-refractivity contribution in [3.63, 3.8) is 0 Å². The Balaban J connectivity index is 1.78. The first-order valence-corrected chi connectivity index (χ1v) is 8.75. The summed E-state index contributed by atoms with van der Waals surface area (Å²) >= 11 is 0. The predicted molar refractivity (Wildman–Crippen MR) is 98.5 cm³/mol. The molecule has 142 valence electrons. The Bertz CT molecular complexity index is 825. The second-order valence-corrected chi connectivity index (χ2v) is 6.51. The van der Waals surface area contributed by atoms with Crippen molar-refractivity contribution in [3.05, 3.63) is 53.6 Å². The van der Waals surface area contributed by atoms with Crippen molar-refractivity contribution in [2.75, 3.05) is 13.9 Å². The number of carbonyl (C=O) groups is 2. The molecule has 1 aliphatic rings. The molecular formula is C21H22O6. The Morgan fingerprint density at radius 1 is 1.04 bits per heavy atom. The number of ether oxygens (including phenoxy) is 4. The van der Waals surface area contributed by atoms with Crippen LogP contribution in [0.5, 0.6) is 17.2 Å². The number of hydrogen-bond acceptors (Lipinski definition) is 6. The number of esters is 1. The Morgan fingerprint density at radius 2 is 1.74 bits per heavy atom. The molecule has 1 atom stereocenters. The molecule has 0 amide bonds. The lowest BCUT2D eigenvalue weighted by molar-refractivity contribution is -0.142. The lowest BCUT2D eigenvalue weighted by Crippen LogP contribution is -2.18. The molecule has 1 unspecified atom stereocenters. The highest BCUT2D eigenvalue weighted by atomic mass is 16.7. The highest BCUT2D eigenvalue weighted by Gasteiger charge is 2.27. The minimum Gasteiger partial charge on any atom is -0.491 e. The van der Waals surface area contributed by atoms with Crippen LogP contribution in [0.1, 0.15) is 42.1 Å². The topological polar surface area (TPSA) is 71.1 Å². The molecule has 0 saturated heterocycles. The molecule has 0 fully saturated rings. The third-order valence-corrected chi connectivity index (χ3v) is 4.22. The number of Topliss-reactive ketones (excluding diaryl/α,β-unsaturated/α-hetero) is 1. The first kappa shape index (κ1) is 18.8. The minimum atomic E-state index is -0.719. The van der Waals surface area contributed by atoms with E-state index in [4.69, 9.17) is 18.9 Å². The van der Waals surface area contributed by atoms with Crippen LogP contribution in [-0.4, -0.2) is 31.8 Å². The van der Waals surface area contributed by atoms with Gasteiger partial charge in [0.05, 0.1) is 19.1 Å². The lowest BCUT2D eigenvalue weighted by atomic mass is 9.91. The van der Waals surface area contributed by atoms with Crippen LogP contribution < -0.4 is 14.2 Å². The third-order valence-electron chi connectivity index (χ3n) is 4.22. The van der Waals surface area contributed by atoms with Crippen LogP contribution in [-0.2, 0) is 9.53 Å². The van der Waals surface area contributed by atoms with Crippen molar-refractivity contribution in [2.24, 2.45) is 0 Å². The van der Waals surface area contributed by atoms with Crippen LogP contribution in [0.2, 0.25) is 0 Å². The molecule has 3 rings (SSSR count). The van der Waals surface area contributed by atoms with Gasteiger partial charge in [-0.05, 0) is 55.8 Å². The van der Waals surface area contributed by atoms with Crippen LogP contribution in [0, 0.1) is 0 Å². The van der Waals surface area contributed by atoms with E-state index in [1.54, 1.807) is 42.5 Å². The first-order valence-electron chi connectivity index (χ1n) is 8.75. The quantitative estimate of drug-likeness (QED) is 0.546. The molecule has 0 N–H and O–H groups in total.